The van der Waals surface area contributed by atoms with Crippen LogP contribution in [0.5, 0.6) is 5.75 Å². The molecule has 0 bridgehead atoms. The Morgan fingerprint density at radius 2 is 1.76 bits per heavy atom. The second-order valence-corrected chi connectivity index (χ2v) is 7.70. The van der Waals surface area contributed by atoms with Crippen molar-refractivity contribution in [1.29, 1.82) is 0 Å². The van der Waals surface area contributed by atoms with Crippen molar-refractivity contribution in [2.45, 2.75) is 19.4 Å². The number of carboxylic acid groups (broad SMARTS) is 1. The highest BCUT2D eigenvalue weighted by molar-refractivity contribution is 6.05. The van der Waals surface area contributed by atoms with E-state index in [0.29, 0.717) is 42.5 Å². The molecule has 2 amide bonds. The molecule has 1 atom stereocenters. The second kappa shape index (κ2) is 11.6. The summed E-state index contributed by atoms with van der Waals surface area (Å²) in [6, 6.07) is 16.9. The van der Waals surface area contributed by atoms with Gasteiger partial charge in [0.15, 0.2) is 0 Å². The molecule has 0 aliphatic carbocycles. The summed E-state index contributed by atoms with van der Waals surface area (Å²) in [6.45, 7) is 2.95. The highest BCUT2D eigenvalue weighted by Crippen LogP contribution is 2.28. The summed E-state index contributed by atoms with van der Waals surface area (Å²) in [5.41, 5.74) is 1.95. The zero-order valence-electron chi connectivity index (χ0n) is 19.5. The summed E-state index contributed by atoms with van der Waals surface area (Å²) in [5.74, 6) is 0.795. The third kappa shape index (κ3) is 6.44. The van der Waals surface area contributed by atoms with Crippen molar-refractivity contribution < 1.29 is 19.4 Å². The quantitative estimate of drug-likeness (QED) is 0.461. The molecule has 2 N–H and O–H groups in total. The molecule has 9 nitrogen and oxygen atoms in total. The van der Waals surface area contributed by atoms with Crippen LogP contribution >= 0.6 is 0 Å². The van der Waals surface area contributed by atoms with Gasteiger partial charge in [-0.25, -0.2) is 14.8 Å². The van der Waals surface area contributed by atoms with Crippen LogP contribution in [0.4, 0.5) is 16.4 Å². The monoisotopic (exact) mass is 463 g/mol. The fourth-order valence-electron chi connectivity index (χ4n) is 3.30. The van der Waals surface area contributed by atoms with Crippen molar-refractivity contribution in [1.82, 2.24) is 14.9 Å². The molecular weight excluding hydrogens is 434 g/mol. The number of ether oxygens (including phenoxy) is 1. The minimum atomic E-state index is -0.989. The zero-order chi connectivity index (χ0) is 24.5. The fourth-order valence-corrected chi connectivity index (χ4v) is 3.30. The SMILES string of the molecule is CCNc1ncc(C(=O)N(C)c2cccc(OC(CCN(C)C(=O)O)c3ccccc3)c2)cn1. The topological polar surface area (TPSA) is 108 Å². The van der Waals surface area contributed by atoms with Crippen LogP contribution in [0.15, 0.2) is 67.0 Å². The molecule has 178 valence electrons. The lowest BCUT2D eigenvalue weighted by molar-refractivity contribution is 0.0992. The molecule has 1 heterocycles. The van der Waals surface area contributed by atoms with Gasteiger partial charge in [-0.3, -0.25) is 4.79 Å². The third-order valence-electron chi connectivity index (χ3n) is 5.25. The zero-order valence-corrected chi connectivity index (χ0v) is 19.5. The molecule has 0 fully saturated rings. The van der Waals surface area contributed by atoms with Crippen molar-refractivity contribution in [2.24, 2.45) is 0 Å². The molecule has 0 aliphatic heterocycles. The van der Waals surface area contributed by atoms with Gasteiger partial charge < -0.3 is 25.0 Å². The van der Waals surface area contributed by atoms with E-state index in [1.807, 2.05) is 55.5 Å². The number of amides is 2. The summed E-state index contributed by atoms with van der Waals surface area (Å²) in [4.78, 5) is 35.2. The van der Waals surface area contributed by atoms with Crippen LogP contribution in [-0.4, -0.2) is 59.2 Å². The van der Waals surface area contributed by atoms with Gasteiger partial charge in [0.1, 0.15) is 11.9 Å². The Morgan fingerprint density at radius 3 is 2.41 bits per heavy atom. The summed E-state index contributed by atoms with van der Waals surface area (Å²) in [7, 11) is 3.20. The first-order valence-electron chi connectivity index (χ1n) is 11.0. The summed E-state index contributed by atoms with van der Waals surface area (Å²) in [5, 5.41) is 12.2. The van der Waals surface area contributed by atoms with Gasteiger partial charge in [-0.15, -0.1) is 0 Å². The van der Waals surface area contributed by atoms with Crippen LogP contribution in [0.3, 0.4) is 0 Å². The maximum atomic E-state index is 12.9. The lowest BCUT2D eigenvalue weighted by Crippen LogP contribution is -2.28. The molecular formula is C25H29N5O4. The average molecular weight is 464 g/mol. The molecule has 9 heteroatoms. The highest BCUT2D eigenvalue weighted by atomic mass is 16.5. The number of nitrogens with zero attached hydrogens (tertiary/aromatic N) is 4. The number of nitrogens with one attached hydrogen (secondary N) is 1. The molecule has 0 aliphatic rings. The number of carbonyl (C=O) groups excluding carboxylic acids is 1. The van der Waals surface area contributed by atoms with E-state index in [1.165, 1.54) is 29.2 Å². The van der Waals surface area contributed by atoms with Gasteiger partial charge in [-0.05, 0) is 24.6 Å². The highest BCUT2D eigenvalue weighted by Gasteiger charge is 2.18. The van der Waals surface area contributed by atoms with E-state index in [-0.39, 0.29) is 12.0 Å². The van der Waals surface area contributed by atoms with Crippen LogP contribution in [0.2, 0.25) is 0 Å². The van der Waals surface area contributed by atoms with Gasteiger partial charge >= 0.3 is 6.09 Å². The molecule has 3 aromatic rings. The molecule has 0 radical (unpaired) electrons. The van der Waals surface area contributed by atoms with Crippen molar-refractivity contribution >= 4 is 23.6 Å². The van der Waals surface area contributed by atoms with Crippen molar-refractivity contribution in [3.63, 3.8) is 0 Å². The average Bonchev–Trinajstić information content (AvgIpc) is 2.86. The Hall–Kier alpha value is -4.14. The Balaban J connectivity index is 1.76. The summed E-state index contributed by atoms with van der Waals surface area (Å²) < 4.78 is 6.26. The van der Waals surface area contributed by atoms with Crippen LogP contribution in [0, 0.1) is 0 Å². The first kappa shape index (κ1) is 24.5. The minimum absolute atomic E-state index is 0.247. The first-order valence-corrected chi connectivity index (χ1v) is 11.0. The molecule has 2 aromatic carbocycles. The van der Waals surface area contributed by atoms with Gasteiger partial charge in [0.2, 0.25) is 5.95 Å². The lowest BCUT2D eigenvalue weighted by atomic mass is 10.1. The Bertz CT molecular complexity index is 1090. The standard InChI is InChI=1S/C25H29N5O4/c1-4-26-24-27-16-19(17-28-24)23(31)30(3)20-11-8-12-21(15-20)34-22(13-14-29(2)25(32)33)18-9-6-5-7-10-18/h5-12,15-17,22H,4,13-14H2,1-3H3,(H,32,33)(H,26,27,28). The van der Waals surface area contributed by atoms with E-state index >= 15 is 0 Å². The number of hydrogen-bond acceptors (Lipinski definition) is 6. The van der Waals surface area contributed by atoms with Crippen molar-refractivity contribution in [3.8, 4) is 5.75 Å². The van der Waals surface area contributed by atoms with E-state index in [4.69, 9.17) is 4.74 Å². The normalized spacial score (nSPS) is 11.4. The molecule has 3 rings (SSSR count). The number of hydrogen-bond donors (Lipinski definition) is 2. The van der Waals surface area contributed by atoms with Gasteiger partial charge in [0.05, 0.1) is 5.56 Å². The van der Waals surface area contributed by atoms with E-state index < -0.39 is 6.09 Å². The van der Waals surface area contributed by atoms with Gasteiger partial charge in [-0.1, -0.05) is 36.4 Å². The molecule has 1 unspecified atom stereocenters. The molecule has 0 saturated heterocycles. The van der Waals surface area contributed by atoms with E-state index in [9.17, 15) is 14.7 Å². The maximum absolute atomic E-state index is 12.9. The maximum Gasteiger partial charge on any atom is 0.407 e. The second-order valence-electron chi connectivity index (χ2n) is 7.70. The largest absolute Gasteiger partial charge is 0.486 e. The lowest BCUT2D eigenvalue weighted by Gasteiger charge is -2.23. The fraction of sp³-hybridized carbons (Fsp3) is 0.280. The molecule has 34 heavy (non-hydrogen) atoms. The third-order valence-corrected chi connectivity index (χ3v) is 5.25. The first-order chi connectivity index (χ1) is 16.4. The van der Waals surface area contributed by atoms with Crippen LogP contribution in [0.1, 0.15) is 35.4 Å². The molecule has 1 aromatic heterocycles. The van der Waals surface area contributed by atoms with E-state index in [1.54, 1.807) is 13.1 Å². The summed E-state index contributed by atoms with van der Waals surface area (Å²) >= 11 is 0. The Labute approximate surface area is 199 Å². The van der Waals surface area contributed by atoms with Gasteiger partial charge in [-0.2, -0.15) is 0 Å². The van der Waals surface area contributed by atoms with Crippen LogP contribution in [-0.2, 0) is 0 Å². The predicted molar refractivity (Wildman–Crippen MR) is 130 cm³/mol. The van der Waals surface area contributed by atoms with Crippen LogP contribution < -0.4 is 15.0 Å². The number of anilines is 2. The van der Waals surface area contributed by atoms with Crippen molar-refractivity contribution in [2.75, 3.05) is 37.4 Å². The van der Waals surface area contributed by atoms with Crippen molar-refractivity contribution in [3.05, 3.63) is 78.1 Å². The van der Waals surface area contributed by atoms with Gasteiger partial charge in [0, 0.05) is 57.8 Å². The number of rotatable bonds is 10. The predicted octanol–water partition coefficient (Wildman–Crippen LogP) is 4.31. The van der Waals surface area contributed by atoms with E-state index in [2.05, 4.69) is 15.3 Å². The van der Waals surface area contributed by atoms with E-state index in [0.717, 1.165) is 5.56 Å². The molecule has 0 spiro atoms. The number of benzene rings is 2. The Morgan fingerprint density at radius 1 is 1.06 bits per heavy atom. The number of carbonyl (C=O) groups is 2. The summed E-state index contributed by atoms with van der Waals surface area (Å²) in [6.07, 6.45) is 2.12. The number of aromatic nitrogens is 2. The molecule has 0 saturated carbocycles. The Kier molecular flexibility index (Phi) is 8.39. The van der Waals surface area contributed by atoms with Gasteiger partial charge in [0.25, 0.3) is 5.91 Å². The minimum Gasteiger partial charge on any atom is -0.486 e. The smallest absolute Gasteiger partial charge is 0.407 e. The van der Waals surface area contributed by atoms with Crippen LogP contribution in [0.25, 0.3) is 0 Å².